The summed E-state index contributed by atoms with van der Waals surface area (Å²) in [6.45, 7) is 0.831. The van der Waals surface area contributed by atoms with E-state index in [1.807, 2.05) is 30.3 Å². The third-order valence-corrected chi connectivity index (χ3v) is 7.35. The van der Waals surface area contributed by atoms with Crippen LogP contribution in [0.25, 0.3) is 0 Å². The molecule has 1 N–H and O–H groups in total. The maximum absolute atomic E-state index is 13.9. The van der Waals surface area contributed by atoms with Gasteiger partial charge < -0.3 is 10.2 Å². The van der Waals surface area contributed by atoms with Crippen molar-refractivity contribution in [1.29, 1.82) is 0 Å². The molecule has 10 heteroatoms. The van der Waals surface area contributed by atoms with E-state index in [1.165, 1.54) is 31.0 Å². The molecule has 0 heterocycles. The van der Waals surface area contributed by atoms with Gasteiger partial charge in [0.25, 0.3) is 0 Å². The van der Waals surface area contributed by atoms with E-state index in [0.29, 0.717) is 16.1 Å². The highest BCUT2D eigenvalue weighted by Gasteiger charge is 2.32. The van der Waals surface area contributed by atoms with Gasteiger partial charge in [0.1, 0.15) is 12.6 Å². The molecule has 0 saturated heterocycles. The summed E-state index contributed by atoms with van der Waals surface area (Å²) in [5.74, 6) is -1.22. The summed E-state index contributed by atoms with van der Waals surface area (Å²) in [6, 6.07) is 21.3. The summed E-state index contributed by atoms with van der Waals surface area (Å²) < 4.78 is 26.5. The van der Waals surface area contributed by atoms with Crippen LogP contribution < -0.4 is 9.62 Å². The number of carbonyl (C=O) groups excluding carboxylic acids is 3. The highest BCUT2D eigenvalue weighted by atomic mass is 35.5. The van der Waals surface area contributed by atoms with E-state index in [-0.39, 0.29) is 24.4 Å². The molecule has 0 aliphatic carbocycles. The third-order valence-electron chi connectivity index (χ3n) is 5.98. The normalized spacial score (nSPS) is 11.9. The summed E-state index contributed by atoms with van der Waals surface area (Å²) in [4.78, 5) is 40.2. The predicted octanol–water partition coefficient (Wildman–Crippen LogP) is 3.69. The molecule has 1 unspecified atom stereocenters. The smallest absolute Gasteiger partial charge is 0.244 e. The minimum atomic E-state index is -3.93. The van der Waals surface area contributed by atoms with Crippen molar-refractivity contribution < 1.29 is 22.8 Å². The van der Waals surface area contributed by atoms with E-state index in [0.717, 1.165) is 16.1 Å². The Bertz CT molecular complexity index is 1410. The maximum Gasteiger partial charge on any atom is 0.244 e. The second kappa shape index (κ2) is 12.7. The molecule has 0 saturated carbocycles. The average molecular weight is 556 g/mol. The van der Waals surface area contributed by atoms with Crippen molar-refractivity contribution in [1.82, 2.24) is 10.2 Å². The van der Waals surface area contributed by atoms with Crippen LogP contribution in [0.5, 0.6) is 0 Å². The number of likely N-dealkylation sites (N-methyl/N-ethyl adjacent to an activating group) is 1. The number of carbonyl (C=O) groups is 3. The predicted molar refractivity (Wildman–Crippen MR) is 149 cm³/mol. The fourth-order valence-electron chi connectivity index (χ4n) is 4.05. The fraction of sp³-hybridized carbons (Fsp3) is 0.250. The standard InChI is InChI=1S/C28H30ClN3O5S/c1-20(33)23-12-8-14-25(17-23)32(38(3,36)37)19-27(34)31(18-22-11-7-13-24(29)15-22)26(28(35)30-2)16-21-9-5-4-6-10-21/h4-15,17,26H,16,18-19H2,1-3H3,(H,30,35). The number of anilines is 1. The number of nitrogens with one attached hydrogen (secondary N) is 1. The van der Waals surface area contributed by atoms with Crippen molar-refractivity contribution in [3.63, 3.8) is 0 Å². The number of sulfonamides is 1. The van der Waals surface area contributed by atoms with Gasteiger partial charge >= 0.3 is 0 Å². The van der Waals surface area contributed by atoms with Crippen molar-refractivity contribution in [2.24, 2.45) is 0 Å². The summed E-state index contributed by atoms with van der Waals surface area (Å²) in [5, 5.41) is 3.09. The first-order chi connectivity index (χ1) is 18.0. The number of ketones is 1. The highest BCUT2D eigenvalue weighted by Crippen LogP contribution is 2.22. The van der Waals surface area contributed by atoms with Crippen LogP contribution >= 0.6 is 11.6 Å². The first-order valence-corrected chi connectivity index (χ1v) is 14.1. The van der Waals surface area contributed by atoms with Gasteiger partial charge in [-0.3, -0.25) is 18.7 Å². The summed E-state index contributed by atoms with van der Waals surface area (Å²) in [5.41, 5.74) is 2.00. The van der Waals surface area contributed by atoms with Gasteiger partial charge in [0.2, 0.25) is 21.8 Å². The van der Waals surface area contributed by atoms with Crippen LogP contribution in [0.15, 0.2) is 78.9 Å². The molecule has 1 atom stereocenters. The number of hydrogen-bond donors (Lipinski definition) is 1. The molecule has 0 aromatic heterocycles. The highest BCUT2D eigenvalue weighted by molar-refractivity contribution is 7.92. The van der Waals surface area contributed by atoms with Gasteiger partial charge in [0, 0.05) is 30.6 Å². The van der Waals surface area contributed by atoms with Gasteiger partial charge in [-0.25, -0.2) is 8.42 Å². The maximum atomic E-state index is 13.9. The molecule has 0 bridgehead atoms. The molecule has 0 aliphatic rings. The number of Topliss-reactive ketones (excluding diaryl/α,β-unsaturated/α-hetero) is 1. The third kappa shape index (κ3) is 7.66. The number of rotatable bonds is 11. The van der Waals surface area contributed by atoms with Crippen LogP contribution in [0.4, 0.5) is 5.69 Å². The molecule has 38 heavy (non-hydrogen) atoms. The van der Waals surface area contributed by atoms with E-state index in [1.54, 1.807) is 36.4 Å². The van der Waals surface area contributed by atoms with Gasteiger partial charge in [0.15, 0.2) is 5.78 Å². The summed E-state index contributed by atoms with van der Waals surface area (Å²) in [6.07, 6.45) is 1.20. The molecular formula is C28H30ClN3O5S. The van der Waals surface area contributed by atoms with E-state index in [2.05, 4.69) is 5.32 Å². The first-order valence-electron chi connectivity index (χ1n) is 11.9. The van der Waals surface area contributed by atoms with Crippen LogP contribution in [0, 0.1) is 0 Å². The molecule has 0 radical (unpaired) electrons. The molecule has 3 aromatic rings. The van der Waals surface area contributed by atoms with Crippen molar-refractivity contribution in [2.45, 2.75) is 25.9 Å². The van der Waals surface area contributed by atoms with Crippen LogP contribution in [0.1, 0.15) is 28.4 Å². The van der Waals surface area contributed by atoms with Gasteiger partial charge in [0.05, 0.1) is 11.9 Å². The van der Waals surface area contributed by atoms with Crippen molar-refractivity contribution >= 4 is 44.9 Å². The van der Waals surface area contributed by atoms with E-state index in [9.17, 15) is 22.8 Å². The van der Waals surface area contributed by atoms with E-state index < -0.39 is 34.4 Å². The molecule has 3 rings (SSSR count). The molecule has 3 aromatic carbocycles. The van der Waals surface area contributed by atoms with Crippen LogP contribution in [-0.4, -0.2) is 56.8 Å². The summed E-state index contributed by atoms with van der Waals surface area (Å²) in [7, 11) is -2.44. The van der Waals surface area contributed by atoms with Crippen LogP contribution in [0.2, 0.25) is 5.02 Å². The quantitative estimate of drug-likeness (QED) is 0.363. The Morgan fingerprint density at radius 2 is 1.58 bits per heavy atom. The Labute approximate surface area is 228 Å². The van der Waals surface area contributed by atoms with Gasteiger partial charge in [-0.05, 0) is 42.3 Å². The SMILES string of the molecule is CNC(=O)C(Cc1ccccc1)N(Cc1cccc(Cl)c1)C(=O)CN(c1cccc(C(C)=O)c1)S(C)(=O)=O. The van der Waals surface area contributed by atoms with Crippen LogP contribution in [0.3, 0.4) is 0 Å². The zero-order chi connectivity index (χ0) is 27.9. The number of amides is 2. The lowest BCUT2D eigenvalue weighted by Crippen LogP contribution is -2.52. The Kier molecular flexibility index (Phi) is 9.66. The number of nitrogens with zero attached hydrogens (tertiary/aromatic N) is 2. The van der Waals surface area contributed by atoms with Gasteiger partial charge in [-0.2, -0.15) is 0 Å². The minimum absolute atomic E-state index is 0.0232. The lowest BCUT2D eigenvalue weighted by atomic mass is 10.0. The van der Waals surface area contributed by atoms with Crippen LogP contribution in [-0.2, 0) is 32.6 Å². The number of halogens is 1. The summed E-state index contributed by atoms with van der Waals surface area (Å²) >= 11 is 6.17. The average Bonchev–Trinajstić information content (AvgIpc) is 2.88. The molecule has 8 nitrogen and oxygen atoms in total. The Hall–Kier alpha value is -3.69. The van der Waals surface area contributed by atoms with E-state index >= 15 is 0 Å². The molecule has 0 spiro atoms. The second-order valence-corrected chi connectivity index (χ2v) is 11.2. The second-order valence-electron chi connectivity index (χ2n) is 8.85. The first kappa shape index (κ1) is 28.9. The molecule has 0 fully saturated rings. The monoisotopic (exact) mass is 555 g/mol. The number of benzene rings is 3. The topological polar surface area (TPSA) is 104 Å². The zero-order valence-corrected chi connectivity index (χ0v) is 23.0. The molecule has 200 valence electrons. The van der Waals surface area contributed by atoms with E-state index in [4.69, 9.17) is 11.6 Å². The Morgan fingerprint density at radius 3 is 2.18 bits per heavy atom. The zero-order valence-electron chi connectivity index (χ0n) is 21.4. The van der Waals surface area contributed by atoms with Crippen molar-refractivity contribution in [2.75, 3.05) is 24.2 Å². The molecular weight excluding hydrogens is 526 g/mol. The molecule has 0 aliphatic heterocycles. The van der Waals surface area contributed by atoms with Crippen molar-refractivity contribution in [3.8, 4) is 0 Å². The Morgan fingerprint density at radius 1 is 0.921 bits per heavy atom. The Balaban J connectivity index is 2.04. The number of hydrogen-bond acceptors (Lipinski definition) is 5. The van der Waals surface area contributed by atoms with Gasteiger partial charge in [-0.15, -0.1) is 0 Å². The fourth-order valence-corrected chi connectivity index (χ4v) is 5.10. The van der Waals surface area contributed by atoms with Gasteiger partial charge in [-0.1, -0.05) is 66.2 Å². The largest absolute Gasteiger partial charge is 0.357 e. The molecule has 2 amide bonds. The lowest BCUT2D eigenvalue weighted by molar-refractivity contribution is -0.139. The van der Waals surface area contributed by atoms with Crippen molar-refractivity contribution in [3.05, 3.63) is 101 Å². The lowest BCUT2D eigenvalue weighted by Gasteiger charge is -2.33. The minimum Gasteiger partial charge on any atom is -0.357 e.